The molecule has 1 aromatic heterocycles. The molecule has 3 rings (SSSR count). The number of hydrogen-bond donors (Lipinski definition) is 1. The second-order valence-corrected chi connectivity index (χ2v) is 6.42. The van der Waals surface area contributed by atoms with Crippen molar-refractivity contribution in [2.75, 3.05) is 34.0 Å². The van der Waals surface area contributed by atoms with Crippen LogP contribution < -0.4 is 10.1 Å². The van der Waals surface area contributed by atoms with Gasteiger partial charge in [0.2, 0.25) is 11.8 Å². The van der Waals surface area contributed by atoms with Crippen molar-refractivity contribution in [3.05, 3.63) is 58.9 Å². The summed E-state index contributed by atoms with van der Waals surface area (Å²) in [5.41, 5.74) is 3.80. The Morgan fingerprint density at radius 1 is 1.18 bits per heavy atom. The minimum Gasteiger partial charge on any atom is -0.497 e. The van der Waals surface area contributed by atoms with Crippen molar-refractivity contribution < 1.29 is 19.0 Å². The van der Waals surface area contributed by atoms with E-state index in [1.165, 1.54) is 0 Å². The van der Waals surface area contributed by atoms with E-state index in [1.54, 1.807) is 20.4 Å². The van der Waals surface area contributed by atoms with Crippen molar-refractivity contribution in [2.24, 2.45) is 4.99 Å². The predicted molar refractivity (Wildman–Crippen MR) is 106 cm³/mol. The summed E-state index contributed by atoms with van der Waals surface area (Å²) in [5, 5.41) is 2.94. The van der Waals surface area contributed by atoms with E-state index < -0.39 is 0 Å². The first kappa shape index (κ1) is 19.8. The third kappa shape index (κ3) is 5.29. The molecule has 7 heteroatoms. The molecule has 1 aromatic carbocycles. The minimum atomic E-state index is -0.0450. The molecule has 1 aliphatic rings. The smallest absolute Gasteiger partial charge is 0.226 e. The molecule has 0 saturated heterocycles. The van der Waals surface area contributed by atoms with Gasteiger partial charge < -0.3 is 19.5 Å². The van der Waals surface area contributed by atoms with Crippen LogP contribution in [0.5, 0.6) is 5.75 Å². The van der Waals surface area contributed by atoms with Crippen LogP contribution in [-0.4, -0.2) is 50.8 Å². The minimum absolute atomic E-state index is 0.0450. The number of nitrogens with one attached hydrogen (secondary N) is 1. The molecule has 148 valence electrons. The molecule has 28 heavy (non-hydrogen) atoms. The molecule has 0 saturated carbocycles. The maximum atomic E-state index is 12.2. The Bertz CT molecular complexity index is 834. The van der Waals surface area contributed by atoms with Crippen LogP contribution in [-0.2, 0) is 33.7 Å². The molecule has 0 atom stereocenters. The van der Waals surface area contributed by atoms with E-state index in [-0.39, 0.29) is 12.3 Å². The fourth-order valence-corrected chi connectivity index (χ4v) is 2.92. The number of nitrogens with zero attached hydrogens (tertiary/aromatic N) is 2. The number of fused-ring (bicyclic) bond motifs is 1. The molecule has 0 unspecified atom stereocenters. The lowest BCUT2D eigenvalue weighted by atomic mass is 10.1. The van der Waals surface area contributed by atoms with Gasteiger partial charge in [-0.15, -0.1) is 0 Å². The van der Waals surface area contributed by atoms with Gasteiger partial charge in [-0.25, -0.2) is 4.99 Å². The van der Waals surface area contributed by atoms with Crippen LogP contribution in [0.2, 0.25) is 0 Å². The number of hydrogen-bond acceptors (Lipinski definition) is 6. The Kier molecular flexibility index (Phi) is 6.97. The summed E-state index contributed by atoms with van der Waals surface area (Å²) < 4.78 is 15.7. The lowest BCUT2D eigenvalue weighted by Gasteiger charge is -2.08. The number of pyridine rings is 1. The summed E-state index contributed by atoms with van der Waals surface area (Å²) in [6.45, 7) is 2.09. The molecule has 2 aromatic rings. The van der Waals surface area contributed by atoms with Gasteiger partial charge in [0, 0.05) is 19.9 Å². The van der Waals surface area contributed by atoms with Crippen LogP contribution in [0, 0.1) is 0 Å². The quantitative estimate of drug-likeness (QED) is 0.669. The fraction of sp³-hybridized carbons (Fsp3) is 0.381. The summed E-state index contributed by atoms with van der Waals surface area (Å²) in [6, 6.07) is 9.76. The fourth-order valence-electron chi connectivity index (χ4n) is 2.92. The monoisotopic (exact) mass is 383 g/mol. The van der Waals surface area contributed by atoms with Crippen molar-refractivity contribution >= 4 is 11.8 Å². The number of aliphatic imine (C=N–C) groups is 1. The molecule has 1 N–H and O–H groups in total. The summed E-state index contributed by atoms with van der Waals surface area (Å²) in [4.78, 5) is 21.0. The Hall–Kier alpha value is -2.93. The molecule has 0 radical (unpaired) electrons. The molecule has 0 spiro atoms. The Morgan fingerprint density at radius 2 is 2.00 bits per heavy atom. The van der Waals surface area contributed by atoms with Crippen molar-refractivity contribution in [2.45, 2.75) is 19.4 Å². The van der Waals surface area contributed by atoms with E-state index in [2.05, 4.69) is 15.3 Å². The summed E-state index contributed by atoms with van der Waals surface area (Å²) in [7, 11) is 3.27. The standard InChI is InChI=1S/C21H25N3O4/c1-26-9-10-28-21-19-14-23-17(11-16(19)13-24-21)12-20(25)22-8-7-15-3-5-18(27-2)6-4-15/h3-6,11,14H,7-10,12-13H2,1-2H3,(H,22,25). The molecular formula is C21H25N3O4. The van der Waals surface area contributed by atoms with E-state index in [1.807, 2.05) is 30.3 Å². The van der Waals surface area contributed by atoms with Crippen LogP contribution in [0.3, 0.4) is 0 Å². The first-order valence-corrected chi connectivity index (χ1v) is 9.23. The molecule has 1 amide bonds. The van der Waals surface area contributed by atoms with Crippen LogP contribution >= 0.6 is 0 Å². The second kappa shape index (κ2) is 9.85. The number of amides is 1. The van der Waals surface area contributed by atoms with Crippen molar-refractivity contribution in [3.63, 3.8) is 0 Å². The number of ether oxygens (including phenoxy) is 3. The van der Waals surface area contributed by atoms with Gasteiger partial charge in [-0.05, 0) is 35.7 Å². The van der Waals surface area contributed by atoms with Gasteiger partial charge in [0.1, 0.15) is 12.4 Å². The highest BCUT2D eigenvalue weighted by molar-refractivity contribution is 5.97. The van der Waals surface area contributed by atoms with E-state index in [0.29, 0.717) is 32.2 Å². The molecule has 1 aliphatic heterocycles. The highest BCUT2D eigenvalue weighted by atomic mass is 16.5. The van der Waals surface area contributed by atoms with Crippen LogP contribution in [0.1, 0.15) is 22.4 Å². The number of rotatable bonds is 9. The van der Waals surface area contributed by atoms with E-state index >= 15 is 0 Å². The molecule has 2 heterocycles. The van der Waals surface area contributed by atoms with Gasteiger partial charge in [-0.3, -0.25) is 9.78 Å². The lowest BCUT2D eigenvalue weighted by molar-refractivity contribution is -0.120. The highest BCUT2D eigenvalue weighted by Crippen LogP contribution is 2.20. The second-order valence-electron chi connectivity index (χ2n) is 6.42. The maximum absolute atomic E-state index is 12.2. The summed E-state index contributed by atoms with van der Waals surface area (Å²) >= 11 is 0. The van der Waals surface area contributed by atoms with Crippen LogP contribution in [0.15, 0.2) is 41.5 Å². The first-order valence-electron chi connectivity index (χ1n) is 9.23. The summed E-state index contributed by atoms with van der Waals surface area (Å²) in [6.07, 6.45) is 2.74. The third-order valence-electron chi connectivity index (χ3n) is 4.43. The number of benzene rings is 1. The number of aromatic nitrogens is 1. The normalized spacial score (nSPS) is 12.3. The molecular weight excluding hydrogens is 358 g/mol. The van der Waals surface area contributed by atoms with Gasteiger partial charge in [-0.1, -0.05) is 12.1 Å². The lowest BCUT2D eigenvalue weighted by Crippen LogP contribution is -2.27. The molecule has 7 nitrogen and oxygen atoms in total. The van der Waals surface area contributed by atoms with Crippen molar-refractivity contribution in [1.82, 2.24) is 10.3 Å². The SMILES string of the molecule is COCCOC1=NCc2cc(CC(=O)NCCc3ccc(OC)cc3)ncc21. The molecule has 0 aliphatic carbocycles. The zero-order valence-electron chi connectivity index (χ0n) is 16.2. The number of methoxy groups -OCH3 is 2. The first-order chi connectivity index (χ1) is 13.7. The van der Waals surface area contributed by atoms with Gasteiger partial charge in [0.25, 0.3) is 0 Å². The van der Waals surface area contributed by atoms with Crippen LogP contribution in [0.4, 0.5) is 0 Å². The van der Waals surface area contributed by atoms with Gasteiger partial charge in [0.05, 0.1) is 37.9 Å². The highest BCUT2D eigenvalue weighted by Gasteiger charge is 2.19. The van der Waals surface area contributed by atoms with E-state index in [9.17, 15) is 4.79 Å². The Balaban J connectivity index is 1.46. The van der Waals surface area contributed by atoms with Crippen molar-refractivity contribution in [1.29, 1.82) is 0 Å². The van der Waals surface area contributed by atoms with Gasteiger partial charge in [0.15, 0.2) is 0 Å². The zero-order chi connectivity index (χ0) is 19.8. The van der Waals surface area contributed by atoms with E-state index in [4.69, 9.17) is 14.2 Å². The predicted octanol–water partition coefficient (Wildman–Crippen LogP) is 1.91. The third-order valence-corrected chi connectivity index (χ3v) is 4.43. The topological polar surface area (TPSA) is 82.0 Å². The zero-order valence-corrected chi connectivity index (χ0v) is 16.2. The Morgan fingerprint density at radius 3 is 2.75 bits per heavy atom. The summed E-state index contributed by atoms with van der Waals surface area (Å²) in [5.74, 6) is 1.37. The molecule has 0 fully saturated rings. The average molecular weight is 383 g/mol. The molecule has 0 bridgehead atoms. The number of carbonyl (C=O) groups is 1. The van der Waals surface area contributed by atoms with Gasteiger partial charge in [-0.2, -0.15) is 0 Å². The van der Waals surface area contributed by atoms with Gasteiger partial charge >= 0.3 is 0 Å². The Labute approximate surface area is 164 Å². The maximum Gasteiger partial charge on any atom is 0.226 e. The van der Waals surface area contributed by atoms with Crippen LogP contribution in [0.25, 0.3) is 0 Å². The average Bonchev–Trinajstić information content (AvgIpc) is 3.11. The van der Waals surface area contributed by atoms with Crippen molar-refractivity contribution in [3.8, 4) is 5.75 Å². The van der Waals surface area contributed by atoms with E-state index in [0.717, 1.165) is 34.6 Å². The largest absolute Gasteiger partial charge is 0.497 e. The number of carbonyl (C=O) groups excluding carboxylic acids is 1.